The van der Waals surface area contributed by atoms with Crippen molar-refractivity contribution in [2.24, 2.45) is 0 Å². The van der Waals surface area contributed by atoms with Gasteiger partial charge in [0.2, 0.25) is 0 Å². The van der Waals surface area contributed by atoms with Crippen molar-refractivity contribution in [3.8, 4) is 5.75 Å². The summed E-state index contributed by atoms with van der Waals surface area (Å²) >= 11 is 22.2. The molecule has 27 heavy (non-hydrogen) atoms. The summed E-state index contributed by atoms with van der Waals surface area (Å²) in [4.78, 5) is 0. The predicted octanol–water partition coefficient (Wildman–Crippen LogP) is 7.91. The van der Waals surface area contributed by atoms with Crippen LogP contribution in [0.2, 0.25) is 15.1 Å². The van der Waals surface area contributed by atoms with E-state index in [2.05, 4.69) is 34.2 Å². The average Bonchev–Trinajstić information content (AvgIpc) is 2.62. The fourth-order valence-electron chi connectivity index (χ4n) is 2.61. The van der Waals surface area contributed by atoms with Crippen molar-refractivity contribution >= 4 is 56.4 Å². The molecule has 0 atom stereocenters. The molecule has 3 aromatic rings. The summed E-state index contributed by atoms with van der Waals surface area (Å²) in [6.45, 7) is 3.03. The molecule has 0 spiro atoms. The number of rotatable bonds is 6. The SMILES string of the molecule is Cc1cc(Br)ccc1NCc1cc(Cl)c(OCc2ccc(Cl)cc2)c(Cl)c1. The Bertz CT molecular complexity index is 922. The highest BCUT2D eigenvalue weighted by atomic mass is 79.9. The zero-order chi connectivity index (χ0) is 19.4. The Kier molecular flexibility index (Phi) is 6.93. The molecule has 3 rings (SSSR count). The maximum absolute atomic E-state index is 6.40. The molecule has 0 aliphatic carbocycles. The van der Waals surface area contributed by atoms with Crippen molar-refractivity contribution in [1.29, 1.82) is 0 Å². The van der Waals surface area contributed by atoms with Crippen LogP contribution in [0.5, 0.6) is 5.75 Å². The van der Waals surface area contributed by atoms with Gasteiger partial charge in [0.25, 0.3) is 0 Å². The van der Waals surface area contributed by atoms with E-state index in [0.717, 1.165) is 26.9 Å². The predicted molar refractivity (Wildman–Crippen MR) is 118 cm³/mol. The topological polar surface area (TPSA) is 21.3 Å². The molecule has 0 aromatic heterocycles. The highest BCUT2D eigenvalue weighted by molar-refractivity contribution is 9.10. The first-order chi connectivity index (χ1) is 12.9. The maximum Gasteiger partial charge on any atom is 0.156 e. The molecule has 0 heterocycles. The molecule has 0 aliphatic rings. The van der Waals surface area contributed by atoms with Crippen molar-refractivity contribution < 1.29 is 4.74 Å². The van der Waals surface area contributed by atoms with Gasteiger partial charge in [-0.3, -0.25) is 0 Å². The number of hydrogen-bond acceptors (Lipinski definition) is 2. The van der Waals surface area contributed by atoms with E-state index in [4.69, 9.17) is 39.5 Å². The van der Waals surface area contributed by atoms with Crippen LogP contribution in [0, 0.1) is 6.92 Å². The van der Waals surface area contributed by atoms with Crippen LogP contribution in [0.15, 0.2) is 59.1 Å². The molecule has 140 valence electrons. The summed E-state index contributed by atoms with van der Waals surface area (Å²) in [5.74, 6) is 0.483. The lowest BCUT2D eigenvalue weighted by atomic mass is 10.1. The van der Waals surface area contributed by atoms with Crippen molar-refractivity contribution in [2.45, 2.75) is 20.1 Å². The lowest BCUT2D eigenvalue weighted by Crippen LogP contribution is -2.02. The number of benzene rings is 3. The van der Waals surface area contributed by atoms with Gasteiger partial charge < -0.3 is 10.1 Å². The van der Waals surface area contributed by atoms with Crippen LogP contribution in [0.3, 0.4) is 0 Å². The lowest BCUT2D eigenvalue weighted by Gasteiger charge is -2.14. The quantitative estimate of drug-likeness (QED) is 0.383. The van der Waals surface area contributed by atoms with Gasteiger partial charge in [-0.05, 0) is 66.1 Å². The van der Waals surface area contributed by atoms with E-state index in [1.165, 1.54) is 0 Å². The molecule has 2 nitrogen and oxygen atoms in total. The first-order valence-electron chi connectivity index (χ1n) is 8.27. The second-order valence-electron chi connectivity index (χ2n) is 6.12. The molecule has 0 unspecified atom stereocenters. The Morgan fingerprint density at radius 1 is 0.889 bits per heavy atom. The third-order valence-electron chi connectivity index (χ3n) is 4.03. The van der Waals surface area contributed by atoms with Gasteiger partial charge in [-0.25, -0.2) is 0 Å². The molecule has 0 fully saturated rings. The van der Waals surface area contributed by atoms with Gasteiger partial charge in [0.05, 0.1) is 10.0 Å². The van der Waals surface area contributed by atoms with Crippen LogP contribution in [0.25, 0.3) is 0 Å². The average molecular weight is 486 g/mol. The van der Waals surface area contributed by atoms with Crippen molar-refractivity contribution in [3.63, 3.8) is 0 Å². The minimum Gasteiger partial charge on any atom is -0.486 e. The third kappa shape index (κ3) is 5.55. The molecule has 1 N–H and O–H groups in total. The molecule has 0 amide bonds. The highest BCUT2D eigenvalue weighted by Crippen LogP contribution is 2.35. The Labute approximate surface area is 182 Å². The minimum absolute atomic E-state index is 0.367. The number of aryl methyl sites for hydroxylation is 1. The maximum atomic E-state index is 6.40. The van der Waals surface area contributed by atoms with Crippen molar-refractivity contribution in [3.05, 3.63) is 90.8 Å². The van der Waals surface area contributed by atoms with E-state index in [0.29, 0.717) is 34.0 Å². The van der Waals surface area contributed by atoms with Gasteiger partial charge in [-0.15, -0.1) is 0 Å². The summed E-state index contributed by atoms with van der Waals surface area (Å²) < 4.78 is 6.87. The van der Waals surface area contributed by atoms with Gasteiger partial charge in [-0.2, -0.15) is 0 Å². The lowest BCUT2D eigenvalue weighted by molar-refractivity contribution is 0.306. The largest absolute Gasteiger partial charge is 0.486 e. The Hall–Kier alpha value is -1.39. The molecule has 0 saturated heterocycles. The molecular weight excluding hydrogens is 469 g/mol. The second-order valence-corrected chi connectivity index (χ2v) is 8.28. The van der Waals surface area contributed by atoms with Crippen LogP contribution in [-0.2, 0) is 13.2 Å². The first-order valence-corrected chi connectivity index (χ1v) is 10.2. The zero-order valence-electron chi connectivity index (χ0n) is 14.5. The molecule has 0 aliphatic heterocycles. The molecule has 0 bridgehead atoms. The first kappa shape index (κ1) is 20.3. The van der Waals surface area contributed by atoms with Gasteiger partial charge in [-0.1, -0.05) is 62.9 Å². The monoisotopic (exact) mass is 483 g/mol. The van der Waals surface area contributed by atoms with Gasteiger partial charge in [0.15, 0.2) is 5.75 Å². The normalized spacial score (nSPS) is 10.7. The highest BCUT2D eigenvalue weighted by Gasteiger charge is 2.11. The molecule has 3 aromatic carbocycles. The fourth-order valence-corrected chi connectivity index (χ4v) is 3.85. The van der Waals surface area contributed by atoms with Crippen molar-refractivity contribution in [1.82, 2.24) is 0 Å². The van der Waals surface area contributed by atoms with E-state index in [1.54, 1.807) is 0 Å². The summed E-state index contributed by atoms with van der Waals surface area (Å²) in [7, 11) is 0. The Morgan fingerprint density at radius 2 is 1.56 bits per heavy atom. The van der Waals surface area contributed by atoms with E-state index in [1.807, 2.05) is 48.5 Å². The minimum atomic E-state index is 0.367. The van der Waals surface area contributed by atoms with Gasteiger partial charge in [0.1, 0.15) is 6.61 Å². The van der Waals surface area contributed by atoms with Gasteiger partial charge >= 0.3 is 0 Å². The summed E-state index contributed by atoms with van der Waals surface area (Å²) in [6, 6.07) is 17.3. The number of hydrogen-bond donors (Lipinski definition) is 1. The Balaban J connectivity index is 1.67. The van der Waals surface area contributed by atoms with E-state index < -0.39 is 0 Å². The molecule has 0 radical (unpaired) electrons. The Morgan fingerprint density at radius 3 is 2.19 bits per heavy atom. The molecule has 0 saturated carbocycles. The number of anilines is 1. The van der Waals surface area contributed by atoms with E-state index in [9.17, 15) is 0 Å². The number of ether oxygens (including phenoxy) is 1. The molecular formula is C21H17BrCl3NO. The fraction of sp³-hybridized carbons (Fsp3) is 0.143. The smallest absolute Gasteiger partial charge is 0.156 e. The van der Waals surface area contributed by atoms with Crippen LogP contribution in [-0.4, -0.2) is 0 Å². The summed E-state index contributed by atoms with van der Waals surface area (Å²) in [5.41, 5.74) is 4.19. The van der Waals surface area contributed by atoms with Crippen LogP contribution < -0.4 is 10.1 Å². The zero-order valence-corrected chi connectivity index (χ0v) is 18.4. The van der Waals surface area contributed by atoms with E-state index >= 15 is 0 Å². The number of halogens is 4. The summed E-state index contributed by atoms with van der Waals surface area (Å²) in [5, 5.41) is 5.06. The van der Waals surface area contributed by atoms with E-state index in [-0.39, 0.29) is 0 Å². The van der Waals surface area contributed by atoms with Gasteiger partial charge in [0, 0.05) is 21.7 Å². The number of nitrogens with one attached hydrogen (secondary N) is 1. The standard InChI is InChI=1S/C21H17BrCl3NO/c1-13-8-16(22)4-7-20(13)26-11-15-9-18(24)21(19(25)10-15)27-12-14-2-5-17(23)6-3-14/h2-10,26H,11-12H2,1H3. The van der Waals surface area contributed by atoms with Crippen molar-refractivity contribution in [2.75, 3.05) is 5.32 Å². The van der Waals surface area contributed by atoms with Crippen LogP contribution >= 0.6 is 50.7 Å². The van der Waals surface area contributed by atoms with Crippen LogP contribution in [0.1, 0.15) is 16.7 Å². The molecule has 6 heteroatoms. The summed E-state index contributed by atoms with van der Waals surface area (Å²) in [6.07, 6.45) is 0. The van der Waals surface area contributed by atoms with Crippen LogP contribution in [0.4, 0.5) is 5.69 Å². The third-order valence-corrected chi connectivity index (χ3v) is 5.33. The second kappa shape index (κ2) is 9.20.